The number of hydrogen-bond acceptors (Lipinski definition) is 2. The average molecular weight is 311 g/mol. The molecule has 4 heteroatoms. The van der Waals surface area contributed by atoms with E-state index in [0.717, 1.165) is 31.5 Å². The first-order valence-electron chi connectivity index (χ1n) is 8.45. The van der Waals surface area contributed by atoms with Crippen LogP contribution in [-0.2, 0) is 23.3 Å². The van der Waals surface area contributed by atoms with Crippen LogP contribution in [0.3, 0.4) is 0 Å². The zero-order valence-corrected chi connectivity index (χ0v) is 14.0. The monoisotopic (exact) mass is 311 g/mol. The Balaban J connectivity index is 1.74. The summed E-state index contributed by atoms with van der Waals surface area (Å²) in [6, 6.07) is 10.5. The summed E-state index contributed by atoms with van der Waals surface area (Å²) in [7, 11) is 0. The minimum absolute atomic E-state index is 0.0363. The van der Waals surface area contributed by atoms with Gasteiger partial charge in [-0.3, -0.25) is 9.48 Å². The highest BCUT2D eigenvalue weighted by molar-refractivity contribution is 5.77. The van der Waals surface area contributed by atoms with Gasteiger partial charge in [-0.1, -0.05) is 44.2 Å². The molecule has 0 saturated carbocycles. The lowest BCUT2D eigenvalue weighted by atomic mass is 9.75. The molecule has 122 valence electrons. The van der Waals surface area contributed by atoms with Gasteiger partial charge in [0.1, 0.15) is 0 Å². The summed E-state index contributed by atoms with van der Waals surface area (Å²) in [6.07, 6.45) is 6.55. The van der Waals surface area contributed by atoms with Crippen molar-refractivity contribution in [2.24, 2.45) is 0 Å². The molecule has 0 radical (unpaired) electrons. The van der Waals surface area contributed by atoms with Crippen LogP contribution in [0.15, 0.2) is 42.7 Å². The predicted octanol–water partition coefficient (Wildman–Crippen LogP) is 3.37. The Hall–Kier alpha value is -2.10. The van der Waals surface area contributed by atoms with E-state index in [4.69, 9.17) is 0 Å². The highest BCUT2D eigenvalue weighted by atomic mass is 16.2. The van der Waals surface area contributed by atoms with E-state index in [1.54, 1.807) is 0 Å². The van der Waals surface area contributed by atoms with Crippen LogP contribution in [0.2, 0.25) is 0 Å². The zero-order chi connectivity index (χ0) is 16.3. The Morgan fingerprint density at radius 3 is 2.78 bits per heavy atom. The number of aryl methyl sites for hydroxylation is 1. The quantitative estimate of drug-likeness (QED) is 0.849. The Morgan fingerprint density at radius 1 is 1.26 bits per heavy atom. The van der Waals surface area contributed by atoms with Gasteiger partial charge in [-0.2, -0.15) is 5.10 Å². The summed E-state index contributed by atoms with van der Waals surface area (Å²) in [6.45, 7) is 6.76. The smallest absolute Gasteiger partial charge is 0.222 e. The van der Waals surface area contributed by atoms with Crippen molar-refractivity contribution in [3.63, 3.8) is 0 Å². The van der Waals surface area contributed by atoms with Crippen molar-refractivity contribution in [1.82, 2.24) is 14.7 Å². The Morgan fingerprint density at radius 2 is 2.04 bits per heavy atom. The second-order valence-corrected chi connectivity index (χ2v) is 6.79. The molecule has 3 rings (SSSR count). The van der Waals surface area contributed by atoms with Gasteiger partial charge in [0.05, 0.1) is 6.20 Å². The molecule has 4 nitrogen and oxygen atoms in total. The molecule has 1 aromatic carbocycles. The van der Waals surface area contributed by atoms with Gasteiger partial charge in [-0.25, -0.2) is 0 Å². The van der Waals surface area contributed by atoms with E-state index in [2.05, 4.69) is 49.4 Å². The SMILES string of the molecule is CCCn1cc(CN2CC(C)(c3ccccc3)CCC2=O)cn1. The van der Waals surface area contributed by atoms with Gasteiger partial charge in [0, 0.05) is 43.2 Å². The first-order valence-corrected chi connectivity index (χ1v) is 8.45. The highest BCUT2D eigenvalue weighted by Crippen LogP contribution is 2.34. The maximum atomic E-state index is 12.3. The van der Waals surface area contributed by atoms with E-state index in [0.29, 0.717) is 13.0 Å². The molecule has 2 heterocycles. The zero-order valence-electron chi connectivity index (χ0n) is 14.0. The fourth-order valence-electron chi connectivity index (χ4n) is 3.41. The topological polar surface area (TPSA) is 38.1 Å². The number of amides is 1. The van der Waals surface area contributed by atoms with Crippen LogP contribution in [-0.4, -0.2) is 27.1 Å². The number of hydrogen-bond donors (Lipinski definition) is 0. The molecule has 2 aromatic rings. The summed E-state index contributed by atoms with van der Waals surface area (Å²) >= 11 is 0. The summed E-state index contributed by atoms with van der Waals surface area (Å²) in [4.78, 5) is 14.3. The lowest BCUT2D eigenvalue weighted by Crippen LogP contribution is -2.46. The molecule has 0 N–H and O–H groups in total. The molecule has 1 fully saturated rings. The van der Waals surface area contributed by atoms with Gasteiger partial charge in [-0.15, -0.1) is 0 Å². The Bertz CT molecular complexity index is 664. The summed E-state index contributed by atoms with van der Waals surface area (Å²) in [5, 5.41) is 4.37. The van der Waals surface area contributed by atoms with E-state index in [1.807, 2.05) is 21.8 Å². The Labute approximate surface area is 138 Å². The molecule has 0 aliphatic carbocycles. The minimum Gasteiger partial charge on any atom is -0.337 e. The normalized spacial score (nSPS) is 21.7. The van der Waals surface area contributed by atoms with E-state index in [9.17, 15) is 4.79 Å². The van der Waals surface area contributed by atoms with Gasteiger partial charge < -0.3 is 4.90 Å². The fraction of sp³-hybridized carbons (Fsp3) is 0.474. The maximum Gasteiger partial charge on any atom is 0.222 e. The number of nitrogens with zero attached hydrogens (tertiary/aromatic N) is 3. The number of likely N-dealkylation sites (tertiary alicyclic amines) is 1. The molecule has 1 aliphatic rings. The van der Waals surface area contributed by atoms with Gasteiger partial charge in [0.25, 0.3) is 0 Å². The molecule has 1 atom stereocenters. The first kappa shape index (κ1) is 15.8. The van der Waals surface area contributed by atoms with Crippen LogP contribution in [0.1, 0.15) is 44.2 Å². The third-order valence-electron chi connectivity index (χ3n) is 4.77. The largest absolute Gasteiger partial charge is 0.337 e. The van der Waals surface area contributed by atoms with E-state index >= 15 is 0 Å². The van der Waals surface area contributed by atoms with Gasteiger partial charge in [0.2, 0.25) is 5.91 Å². The maximum absolute atomic E-state index is 12.3. The molecular weight excluding hydrogens is 286 g/mol. The van der Waals surface area contributed by atoms with Crippen molar-refractivity contribution in [2.75, 3.05) is 6.54 Å². The molecule has 1 unspecified atom stereocenters. The van der Waals surface area contributed by atoms with Crippen LogP contribution in [0, 0.1) is 0 Å². The van der Waals surface area contributed by atoms with Crippen molar-refractivity contribution >= 4 is 5.91 Å². The molecule has 0 spiro atoms. The van der Waals surface area contributed by atoms with Crippen LogP contribution < -0.4 is 0 Å². The number of carbonyl (C=O) groups is 1. The summed E-state index contributed by atoms with van der Waals surface area (Å²) in [5.74, 6) is 0.252. The number of benzene rings is 1. The summed E-state index contributed by atoms with van der Waals surface area (Å²) in [5.41, 5.74) is 2.47. The Kier molecular flexibility index (Phi) is 4.51. The molecule has 1 aromatic heterocycles. The van der Waals surface area contributed by atoms with Gasteiger partial charge >= 0.3 is 0 Å². The average Bonchev–Trinajstić information content (AvgIpc) is 3.00. The number of rotatable bonds is 5. The van der Waals surface area contributed by atoms with Crippen molar-refractivity contribution in [3.05, 3.63) is 53.9 Å². The predicted molar refractivity (Wildman–Crippen MR) is 91.0 cm³/mol. The highest BCUT2D eigenvalue weighted by Gasteiger charge is 2.36. The number of carbonyl (C=O) groups excluding carboxylic acids is 1. The molecule has 0 bridgehead atoms. The third kappa shape index (κ3) is 3.46. The minimum atomic E-state index is 0.0363. The van der Waals surface area contributed by atoms with Crippen molar-refractivity contribution in [2.45, 2.75) is 51.6 Å². The van der Waals surface area contributed by atoms with Crippen LogP contribution >= 0.6 is 0 Å². The molecule has 23 heavy (non-hydrogen) atoms. The van der Waals surface area contributed by atoms with E-state index in [-0.39, 0.29) is 11.3 Å². The second-order valence-electron chi connectivity index (χ2n) is 6.79. The lowest BCUT2D eigenvalue weighted by Gasteiger charge is -2.40. The van der Waals surface area contributed by atoms with E-state index in [1.165, 1.54) is 5.56 Å². The van der Waals surface area contributed by atoms with Crippen molar-refractivity contribution in [3.8, 4) is 0 Å². The first-order chi connectivity index (χ1) is 11.1. The van der Waals surface area contributed by atoms with Gasteiger partial charge in [0.15, 0.2) is 0 Å². The number of aromatic nitrogens is 2. The van der Waals surface area contributed by atoms with E-state index < -0.39 is 0 Å². The molecule has 1 amide bonds. The van der Waals surface area contributed by atoms with Crippen LogP contribution in [0.4, 0.5) is 0 Å². The van der Waals surface area contributed by atoms with Crippen molar-refractivity contribution in [1.29, 1.82) is 0 Å². The van der Waals surface area contributed by atoms with Gasteiger partial charge in [-0.05, 0) is 18.4 Å². The standard InChI is InChI=1S/C19H25N3O/c1-3-11-22-14-16(12-20-22)13-21-15-19(2,10-9-18(21)23)17-7-5-4-6-8-17/h4-8,12,14H,3,9-11,13,15H2,1-2H3. The van der Waals surface area contributed by atoms with Crippen molar-refractivity contribution < 1.29 is 4.79 Å². The third-order valence-corrected chi connectivity index (χ3v) is 4.77. The summed E-state index contributed by atoms with van der Waals surface area (Å²) < 4.78 is 1.96. The molecular formula is C19H25N3O. The van der Waals surface area contributed by atoms with Crippen LogP contribution in [0.5, 0.6) is 0 Å². The second kappa shape index (κ2) is 6.57. The fourth-order valence-corrected chi connectivity index (χ4v) is 3.41. The molecule has 1 saturated heterocycles. The molecule has 1 aliphatic heterocycles. The lowest BCUT2D eigenvalue weighted by molar-refractivity contribution is -0.136. The van der Waals surface area contributed by atoms with Crippen LogP contribution in [0.25, 0.3) is 0 Å². The number of piperidine rings is 1.